The second kappa shape index (κ2) is 8.53. The molecule has 0 unspecified atom stereocenters. The zero-order chi connectivity index (χ0) is 24.4. The van der Waals surface area contributed by atoms with Crippen LogP contribution in [0.15, 0.2) is 54.0 Å². The van der Waals surface area contributed by atoms with Gasteiger partial charge in [0.2, 0.25) is 0 Å². The van der Waals surface area contributed by atoms with E-state index in [4.69, 9.17) is 11.0 Å². The number of allylic oxidation sites excluding steroid dienone is 1. The van der Waals surface area contributed by atoms with Gasteiger partial charge in [0.15, 0.2) is 0 Å². The van der Waals surface area contributed by atoms with Gasteiger partial charge in [0.05, 0.1) is 5.69 Å². The topological polar surface area (TPSA) is 92.4 Å². The van der Waals surface area contributed by atoms with Crippen LogP contribution in [0, 0.1) is 11.3 Å². The molecule has 6 nitrogen and oxygen atoms in total. The highest BCUT2D eigenvalue weighted by Gasteiger charge is 2.72. The lowest BCUT2D eigenvalue weighted by atomic mass is 10.0. The van der Waals surface area contributed by atoms with Crippen molar-refractivity contribution in [1.29, 1.82) is 5.26 Å². The third-order valence-electron chi connectivity index (χ3n) is 4.51. The Morgan fingerprint density at radius 2 is 1.85 bits per heavy atom. The van der Waals surface area contributed by atoms with Gasteiger partial charge in [-0.15, -0.1) is 0 Å². The highest BCUT2D eigenvalue weighted by Crippen LogP contribution is 2.46. The van der Waals surface area contributed by atoms with Gasteiger partial charge in [-0.05, 0) is 24.3 Å². The Hall–Kier alpha value is -3.95. The van der Waals surface area contributed by atoms with Gasteiger partial charge in [0.25, 0.3) is 0 Å². The number of imidazole rings is 1. The number of nitriles is 1. The van der Waals surface area contributed by atoms with Crippen LogP contribution in [0.5, 0.6) is 0 Å². The summed E-state index contributed by atoms with van der Waals surface area (Å²) in [5.74, 6) is -11.8. The van der Waals surface area contributed by atoms with E-state index in [0.717, 1.165) is 6.20 Å². The number of alkyl halides is 7. The number of aliphatic imine (C=N–C) groups is 1. The molecule has 0 aliphatic carbocycles. The zero-order valence-electron chi connectivity index (χ0n) is 16.4. The molecule has 0 saturated carbocycles. The number of fused-ring (bicyclic) bond motifs is 1. The standard InChI is InChI=1S/C20H13F7N6/c21-18(22,19(23,24)20(25,26)27)11-30-10-13(8-28)15-2-1-14(9-29)32-17(15)12-3-5-33-6-4-31-16(33)7-12/h1-8,10H,11,28H2. The van der Waals surface area contributed by atoms with E-state index in [1.165, 1.54) is 18.3 Å². The summed E-state index contributed by atoms with van der Waals surface area (Å²) in [7, 11) is 0. The van der Waals surface area contributed by atoms with E-state index >= 15 is 0 Å². The summed E-state index contributed by atoms with van der Waals surface area (Å²) in [5.41, 5.74) is 6.72. The SMILES string of the molecule is N#Cc1ccc(C(C=NCC(F)(F)C(F)(F)C(F)(F)F)=CN)c(-c2ccn3ccnc3c2)n1. The first-order valence-electron chi connectivity index (χ1n) is 9.00. The number of nitrogens with zero attached hydrogens (tertiary/aromatic N) is 5. The number of rotatable bonds is 6. The third-order valence-corrected chi connectivity index (χ3v) is 4.51. The second-order valence-electron chi connectivity index (χ2n) is 6.68. The molecule has 172 valence electrons. The fourth-order valence-electron chi connectivity index (χ4n) is 2.80. The van der Waals surface area contributed by atoms with Gasteiger partial charge in [-0.25, -0.2) is 9.97 Å². The number of pyridine rings is 2. The van der Waals surface area contributed by atoms with Crippen molar-refractivity contribution in [2.24, 2.45) is 10.7 Å². The predicted molar refractivity (Wildman–Crippen MR) is 105 cm³/mol. The highest BCUT2D eigenvalue weighted by atomic mass is 19.4. The molecule has 0 bridgehead atoms. The summed E-state index contributed by atoms with van der Waals surface area (Å²) in [4.78, 5) is 11.4. The molecule has 3 aromatic heterocycles. The fourth-order valence-corrected chi connectivity index (χ4v) is 2.80. The van der Waals surface area contributed by atoms with Crippen LogP contribution in [-0.2, 0) is 0 Å². The van der Waals surface area contributed by atoms with Crippen molar-refractivity contribution in [3.05, 3.63) is 60.3 Å². The van der Waals surface area contributed by atoms with Crippen LogP contribution in [0.1, 0.15) is 11.3 Å². The monoisotopic (exact) mass is 470 g/mol. The molecule has 0 aliphatic rings. The van der Waals surface area contributed by atoms with Crippen LogP contribution >= 0.6 is 0 Å². The summed E-state index contributed by atoms with van der Waals surface area (Å²) in [6.07, 6.45) is -0.0664. The number of hydrogen-bond donors (Lipinski definition) is 1. The maximum atomic E-state index is 13.5. The minimum atomic E-state index is -6.45. The van der Waals surface area contributed by atoms with Crippen molar-refractivity contribution >= 4 is 17.4 Å². The van der Waals surface area contributed by atoms with Gasteiger partial charge < -0.3 is 10.1 Å². The number of aromatic nitrogens is 3. The lowest BCUT2D eigenvalue weighted by Crippen LogP contribution is -2.53. The number of nitrogens with two attached hydrogens (primary N) is 1. The average molecular weight is 470 g/mol. The molecule has 33 heavy (non-hydrogen) atoms. The van der Waals surface area contributed by atoms with Gasteiger partial charge in [0.1, 0.15) is 24.0 Å². The molecule has 0 saturated heterocycles. The first kappa shape index (κ1) is 23.7. The Balaban J connectivity index is 1.98. The van der Waals surface area contributed by atoms with E-state index in [0.29, 0.717) is 17.4 Å². The quantitative estimate of drug-likeness (QED) is 0.425. The van der Waals surface area contributed by atoms with Crippen molar-refractivity contribution in [3.63, 3.8) is 0 Å². The van der Waals surface area contributed by atoms with Crippen molar-refractivity contribution in [3.8, 4) is 17.3 Å². The van der Waals surface area contributed by atoms with E-state index in [9.17, 15) is 30.7 Å². The Bertz CT molecular complexity index is 1270. The molecule has 0 aromatic carbocycles. The first-order valence-corrected chi connectivity index (χ1v) is 9.00. The smallest absolute Gasteiger partial charge is 0.404 e. The molecular weight excluding hydrogens is 457 g/mol. The minimum absolute atomic E-state index is 0.00151. The summed E-state index contributed by atoms with van der Waals surface area (Å²) in [5, 5.41) is 9.17. The van der Waals surface area contributed by atoms with Crippen LogP contribution in [-0.4, -0.2) is 45.1 Å². The Morgan fingerprint density at radius 1 is 1.12 bits per heavy atom. The number of halogens is 7. The summed E-state index contributed by atoms with van der Waals surface area (Å²) >= 11 is 0. The Kier molecular flexibility index (Phi) is 6.13. The van der Waals surface area contributed by atoms with Crippen molar-refractivity contribution < 1.29 is 30.7 Å². The van der Waals surface area contributed by atoms with Crippen molar-refractivity contribution in [1.82, 2.24) is 14.4 Å². The Labute approximate surface area is 181 Å². The van der Waals surface area contributed by atoms with Crippen LogP contribution in [0.25, 0.3) is 22.5 Å². The summed E-state index contributed by atoms with van der Waals surface area (Å²) in [6.45, 7) is -2.14. The van der Waals surface area contributed by atoms with Gasteiger partial charge >= 0.3 is 18.0 Å². The lowest BCUT2D eigenvalue weighted by molar-refractivity contribution is -0.351. The van der Waals surface area contributed by atoms with Crippen molar-refractivity contribution in [2.45, 2.75) is 18.0 Å². The van der Waals surface area contributed by atoms with Gasteiger partial charge in [0, 0.05) is 47.7 Å². The second-order valence-corrected chi connectivity index (χ2v) is 6.68. The molecule has 0 aliphatic heterocycles. The van der Waals surface area contributed by atoms with E-state index in [1.54, 1.807) is 28.9 Å². The van der Waals surface area contributed by atoms with Crippen LogP contribution in [0.3, 0.4) is 0 Å². The molecule has 3 heterocycles. The molecule has 0 fully saturated rings. The largest absolute Gasteiger partial charge is 0.459 e. The molecule has 13 heteroatoms. The van der Waals surface area contributed by atoms with Crippen LogP contribution < -0.4 is 5.73 Å². The zero-order valence-corrected chi connectivity index (χ0v) is 16.4. The molecule has 3 aromatic rings. The fraction of sp³-hybridized carbons (Fsp3) is 0.200. The Morgan fingerprint density at radius 3 is 2.48 bits per heavy atom. The highest BCUT2D eigenvalue weighted by molar-refractivity contribution is 6.11. The van der Waals surface area contributed by atoms with Crippen LogP contribution in [0.4, 0.5) is 30.7 Å². The van der Waals surface area contributed by atoms with Gasteiger partial charge in [-0.2, -0.15) is 36.0 Å². The molecule has 3 rings (SSSR count). The molecule has 0 spiro atoms. The van der Waals surface area contributed by atoms with Gasteiger partial charge in [-0.3, -0.25) is 4.99 Å². The van der Waals surface area contributed by atoms with Gasteiger partial charge in [-0.1, -0.05) is 0 Å². The predicted octanol–water partition coefficient (Wildman–Crippen LogP) is 4.47. The normalized spacial score (nSPS) is 13.6. The summed E-state index contributed by atoms with van der Waals surface area (Å²) in [6, 6.07) is 7.72. The summed E-state index contributed by atoms with van der Waals surface area (Å²) < 4.78 is 91.7. The van der Waals surface area contributed by atoms with Crippen molar-refractivity contribution in [2.75, 3.05) is 6.54 Å². The van der Waals surface area contributed by atoms with E-state index in [-0.39, 0.29) is 22.5 Å². The molecule has 0 atom stereocenters. The van der Waals surface area contributed by atoms with E-state index in [1.807, 2.05) is 6.07 Å². The molecular formula is C20H13F7N6. The maximum absolute atomic E-state index is 13.5. The third kappa shape index (κ3) is 4.50. The molecule has 0 amide bonds. The lowest BCUT2D eigenvalue weighted by Gasteiger charge is -2.26. The van der Waals surface area contributed by atoms with Crippen LogP contribution in [0.2, 0.25) is 0 Å². The van der Waals surface area contributed by atoms with E-state index in [2.05, 4.69) is 15.0 Å². The number of hydrogen-bond acceptors (Lipinski definition) is 5. The average Bonchev–Trinajstić information content (AvgIpc) is 3.23. The molecule has 0 radical (unpaired) electrons. The van der Waals surface area contributed by atoms with E-state index < -0.39 is 24.6 Å². The minimum Gasteiger partial charge on any atom is -0.404 e. The molecule has 2 N–H and O–H groups in total. The first-order chi connectivity index (χ1) is 15.4. The maximum Gasteiger partial charge on any atom is 0.459 e.